The van der Waals surface area contributed by atoms with Crippen molar-refractivity contribution in [2.75, 3.05) is 25.0 Å². The number of anilines is 1. The lowest BCUT2D eigenvalue weighted by atomic mass is 10.2. The van der Waals surface area contributed by atoms with Crippen LogP contribution in [0, 0.1) is 0 Å². The average molecular weight is 221 g/mol. The fourth-order valence-corrected chi connectivity index (χ4v) is 1.94. The van der Waals surface area contributed by atoms with Gasteiger partial charge in [0.15, 0.2) is 0 Å². The Morgan fingerprint density at radius 2 is 2.56 bits per heavy atom. The molecule has 1 aliphatic rings. The summed E-state index contributed by atoms with van der Waals surface area (Å²) in [5.41, 5.74) is 0.984. The topological polar surface area (TPSA) is 46.2 Å². The molecule has 0 radical (unpaired) electrons. The number of ether oxygens (including phenoxy) is 1. The van der Waals surface area contributed by atoms with Gasteiger partial charge < -0.3 is 15.4 Å². The molecule has 1 saturated heterocycles. The summed E-state index contributed by atoms with van der Waals surface area (Å²) in [4.78, 5) is 4.21. The summed E-state index contributed by atoms with van der Waals surface area (Å²) in [5.74, 6) is 0.697. The molecule has 0 amide bonds. The maximum absolute atomic E-state index is 5.46. The monoisotopic (exact) mass is 221 g/mol. The van der Waals surface area contributed by atoms with Crippen LogP contribution in [-0.4, -0.2) is 30.7 Å². The van der Waals surface area contributed by atoms with Gasteiger partial charge in [-0.05, 0) is 38.4 Å². The lowest BCUT2D eigenvalue weighted by Crippen LogP contribution is -2.29. The molecule has 88 valence electrons. The van der Waals surface area contributed by atoms with E-state index in [-0.39, 0.29) is 0 Å². The van der Waals surface area contributed by atoms with Crippen molar-refractivity contribution in [2.45, 2.75) is 25.8 Å². The van der Waals surface area contributed by atoms with Crippen LogP contribution in [0.3, 0.4) is 0 Å². The highest BCUT2D eigenvalue weighted by Crippen LogP contribution is 2.20. The van der Waals surface area contributed by atoms with Crippen LogP contribution in [-0.2, 0) is 0 Å². The van der Waals surface area contributed by atoms with Gasteiger partial charge in [0.1, 0.15) is 0 Å². The van der Waals surface area contributed by atoms with Crippen molar-refractivity contribution in [1.29, 1.82) is 0 Å². The zero-order valence-electron chi connectivity index (χ0n) is 9.70. The van der Waals surface area contributed by atoms with Crippen molar-refractivity contribution >= 4 is 5.69 Å². The standard InChI is InChI=1S/C12H19N3O/c1-2-16-12-11(6-4-8-14-12)15-9-10-5-3-7-13-10/h4,6,8,10,13,15H,2-3,5,7,9H2,1H3. The summed E-state index contributed by atoms with van der Waals surface area (Å²) in [6, 6.07) is 4.51. The first-order valence-electron chi connectivity index (χ1n) is 5.95. The van der Waals surface area contributed by atoms with Crippen molar-refractivity contribution in [1.82, 2.24) is 10.3 Å². The number of nitrogens with one attached hydrogen (secondary N) is 2. The molecule has 2 heterocycles. The summed E-state index contributed by atoms with van der Waals surface area (Å²) in [5, 5.41) is 6.84. The first-order valence-corrected chi connectivity index (χ1v) is 5.95. The van der Waals surface area contributed by atoms with Crippen LogP contribution in [0.5, 0.6) is 5.88 Å². The van der Waals surface area contributed by atoms with Crippen molar-refractivity contribution in [3.05, 3.63) is 18.3 Å². The first-order chi connectivity index (χ1) is 7.90. The van der Waals surface area contributed by atoms with Gasteiger partial charge in [0.2, 0.25) is 5.88 Å². The highest BCUT2D eigenvalue weighted by atomic mass is 16.5. The van der Waals surface area contributed by atoms with E-state index in [1.165, 1.54) is 12.8 Å². The van der Waals surface area contributed by atoms with Gasteiger partial charge >= 0.3 is 0 Å². The molecule has 4 nitrogen and oxygen atoms in total. The summed E-state index contributed by atoms with van der Waals surface area (Å²) in [6.45, 7) is 4.69. The lowest BCUT2D eigenvalue weighted by molar-refractivity contribution is 0.328. The lowest BCUT2D eigenvalue weighted by Gasteiger charge is -2.14. The van der Waals surface area contributed by atoms with Gasteiger partial charge in [-0.3, -0.25) is 0 Å². The molecule has 0 aliphatic carbocycles. The molecule has 0 aromatic carbocycles. The van der Waals surface area contributed by atoms with E-state index in [4.69, 9.17) is 4.74 Å². The van der Waals surface area contributed by atoms with E-state index in [0.29, 0.717) is 18.5 Å². The summed E-state index contributed by atoms with van der Waals surface area (Å²) in [6.07, 6.45) is 4.28. The highest BCUT2D eigenvalue weighted by Gasteiger charge is 2.14. The number of nitrogens with zero attached hydrogens (tertiary/aromatic N) is 1. The number of hydrogen-bond acceptors (Lipinski definition) is 4. The Kier molecular flexibility index (Phi) is 3.99. The maximum Gasteiger partial charge on any atom is 0.237 e. The third-order valence-corrected chi connectivity index (χ3v) is 2.75. The number of rotatable bonds is 5. The van der Waals surface area contributed by atoms with Crippen LogP contribution in [0.1, 0.15) is 19.8 Å². The molecule has 1 aromatic rings. The predicted octanol–water partition coefficient (Wildman–Crippen LogP) is 1.64. The second-order valence-electron chi connectivity index (χ2n) is 3.96. The summed E-state index contributed by atoms with van der Waals surface area (Å²) < 4.78 is 5.46. The second-order valence-corrected chi connectivity index (χ2v) is 3.96. The van der Waals surface area contributed by atoms with Gasteiger partial charge in [-0.15, -0.1) is 0 Å². The van der Waals surface area contributed by atoms with E-state index >= 15 is 0 Å². The molecule has 0 spiro atoms. The number of hydrogen-bond donors (Lipinski definition) is 2. The molecule has 0 saturated carbocycles. The van der Waals surface area contributed by atoms with E-state index in [1.54, 1.807) is 6.20 Å². The molecule has 1 atom stereocenters. The highest BCUT2D eigenvalue weighted by molar-refractivity contribution is 5.52. The molecule has 1 fully saturated rings. The number of aromatic nitrogens is 1. The smallest absolute Gasteiger partial charge is 0.237 e. The van der Waals surface area contributed by atoms with E-state index in [0.717, 1.165) is 18.8 Å². The normalized spacial score (nSPS) is 19.7. The largest absolute Gasteiger partial charge is 0.476 e. The fourth-order valence-electron chi connectivity index (χ4n) is 1.94. The first kappa shape index (κ1) is 11.2. The van der Waals surface area contributed by atoms with Gasteiger partial charge in [0.05, 0.1) is 12.3 Å². The minimum atomic E-state index is 0.578. The van der Waals surface area contributed by atoms with E-state index in [1.807, 2.05) is 19.1 Å². The molecule has 1 aliphatic heterocycles. The van der Waals surface area contributed by atoms with E-state index in [9.17, 15) is 0 Å². The second kappa shape index (κ2) is 5.70. The van der Waals surface area contributed by atoms with Crippen LogP contribution in [0.25, 0.3) is 0 Å². The van der Waals surface area contributed by atoms with Crippen molar-refractivity contribution in [3.8, 4) is 5.88 Å². The third kappa shape index (κ3) is 2.85. The Morgan fingerprint density at radius 1 is 1.62 bits per heavy atom. The SMILES string of the molecule is CCOc1ncccc1NCC1CCCN1. The average Bonchev–Trinajstić information content (AvgIpc) is 2.81. The van der Waals surface area contributed by atoms with E-state index < -0.39 is 0 Å². The summed E-state index contributed by atoms with van der Waals surface area (Å²) in [7, 11) is 0. The molecular weight excluding hydrogens is 202 g/mol. The van der Waals surface area contributed by atoms with E-state index in [2.05, 4.69) is 15.6 Å². The van der Waals surface area contributed by atoms with Crippen LogP contribution < -0.4 is 15.4 Å². The molecule has 16 heavy (non-hydrogen) atoms. The van der Waals surface area contributed by atoms with Crippen LogP contribution in [0.2, 0.25) is 0 Å². The van der Waals surface area contributed by atoms with Gasteiger partial charge in [-0.1, -0.05) is 0 Å². The molecule has 2 rings (SSSR count). The molecule has 0 bridgehead atoms. The van der Waals surface area contributed by atoms with Crippen LogP contribution >= 0.6 is 0 Å². The van der Waals surface area contributed by atoms with Crippen molar-refractivity contribution in [2.24, 2.45) is 0 Å². The minimum Gasteiger partial charge on any atom is -0.476 e. The molecule has 4 heteroatoms. The van der Waals surface area contributed by atoms with Gasteiger partial charge in [0, 0.05) is 18.8 Å². The van der Waals surface area contributed by atoms with Crippen LogP contribution in [0.15, 0.2) is 18.3 Å². The molecule has 1 aromatic heterocycles. The quantitative estimate of drug-likeness (QED) is 0.793. The number of pyridine rings is 1. The maximum atomic E-state index is 5.46. The third-order valence-electron chi connectivity index (χ3n) is 2.75. The Labute approximate surface area is 96.4 Å². The zero-order chi connectivity index (χ0) is 11.2. The Morgan fingerprint density at radius 3 is 3.31 bits per heavy atom. The zero-order valence-corrected chi connectivity index (χ0v) is 9.70. The van der Waals surface area contributed by atoms with Crippen molar-refractivity contribution in [3.63, 3.8) is 0 Å². The van der Waals surface area contributed by atoms with Crippen LogP contribution in [0.4, 0.5) is 5.69 Å². The Hall–Kier alpha value is -1.29. The van der Waals surface area contributed by atoms with Gasteiger partial charge in [-0.25, -0.2) is 4.98 Å². The minimum absolute atomic E-state index is 0.578. The molecule has 2 N–H and O–H groups in total. The Bertz CT molecular complexity index is 324. The molecule has 1 unspecified atom stereocenters. The fraction of sp³-hybridized carbons (Fsp3) is 0.583. The predicted molar refractivity (Wildman–Crippen MR) is 64.9 cm³/mol. The Balaban J connectivity index is 1.91. The van der Waals surface area contributed by atoms with Gasteiger partial charge in [-0.2, -0.15) is 0 Å². The summed E-state index contributed by atoms with van der Waals surface area (Å²) >= 11 is 0. The molecular formula is C12H19N3O. The van der Waals surface area contributed by atoms with Crippen molar-refractivity contribution < 1.29 is 4.74 Å². The van der Waals surface area contributed by atoms with Gasteiger partial charge in [0.25, 0.3) is 0 Å².